The molecule has 0 unspecified atom stereocenters. The second kappa shape index (κ2) is 5.58. The number of benzene rings is 2. The van der Waals surface area contributed by atoms with Gasteiger partial charge >= 0.3 is 5.97 Å². The number of hydrogen-bond acceptors (Lipinski definition) is 5. The Labute approximate surface area is 121 Å². The van der Waals surface area contributed by atoms with Gasteiger partial charge < -0.3 is 10.1 Å². The molecule has 0 aliphatic rings. The van der Waals surface area contributed by atoms with E-state index in [-0.39, 0.29) is 0 Å². The lowest BCUT2D eigenvalue weighted by molar-refractivity contribution is 0.0602. The number of hydrogen-bond donors (Lipinski definition) is 1. The van der Waals surface area contributed by atoms with Gasteiger partial charge in [-0.1, -0.05) is 24.3 Å². The predicted octanol–water partition coefficient (Wildman–Crippen LogP) is 3.16. The number of fused-ring (bicyclic) bond motifs is 1. The highest BCUT2D eigenvalue weighted by atomic mass is 16.5. The Balaban J connectivity index is 2.05. The summed E-state index contributed by atoms with van der Waals surface area (Å²) in [5.74, 6) is 0.258. The number of nitrogens with one attached hydrogen (secondary N) is 1. The van der Waals surface area contributed by atoms with Crippen LogP contribution in [0.25, 0.3) is 10.9 Å². The first-order chi connectivity index (χ1) is 10.3. The zero-order valence-corrected chi connectivity index (χ0v) is 11.4. The van der Waals surface area contributed by atoms with Crippen LogP contribution in [0.1, 0.15) is 10.4 Å². The molecule has 0 saturated heterocycles. The highest BCUT2D eigenvalue weighted by molar-refractivity contribution is 5.98. The summed E-state index contributed by atoms with van der Waals surface area (Å²) in [5, 5.41) is 4.07. The molecule has 1 aromatic heterocycles. The number of carbonyl (C=O) groups is 1. The summed E-state index contributed by atoms with van der Waals surface area (Å²) in [7, 11) is 1.36. The van der Waals surface area contributed by atoms with Crippen LogP contribution in [0.4, 0.5) is 11.5 Å². The molecular weight excluding hydrogens is 266 g/mol. The van der Waals surface area contributed by atoms with Crippen LogP contribution < -0.4 is 5.32 Å². The van der Waals surface area contributed by atoms with E-state index in [9.17, 15) is 4.79 Å². The van der Waals surface area contributed by atoms with E-state index in [1.54, 1.807) is 12.1 Å². The fourth-order valence-corrected chi connectivity index (χ4v) is 2.11. The second-order valence-corrected chi connectivity index (χ2v) is 4.40. The molecule has 5 heteroatoms. The summed E-state index contributed by atoms with van der Waals surface area (Å²) >= 11 is 0. The van der Waals surface area contributed by atoms with Gasteiger partial charge in [0.25, 0.3) is 0 Å². The summed E-state index contributed by atoms with van der Waals surface area (Å²) in [5.41, 5.74) is 1.95. The molecule has 0 fully saturated rings. The number of carbonyl (C=O) groups excluding carboxylic acids is 1. The normalized spacial score (nSPS) is 10.3. The Morgan fingerprint density at radius 2 is 1.81 bits per heavy atom. The van der Waals surface area contributed by atoms with E-state index in [1.165, 1.54) is 13.4 Å². The van der Waals surface area contributed by atoms with Gasteiger partial charge in [0.2, 0.25) is 0 Å². The maximum atomic E-state index is 11.8. The van der Waals surface area contributed by atoms with Crippen LogP contribution >= 0.6 is 0 Å². The van der Waals surface area contributed by atoms with Crippen LogP contribution in [0.2, 0.25) is 0 Å². The third kappa shape index (κ3) is 2.53. The highest BCUT2D eigenvalue weighted by Gasteiger charge is 2.12. The van der Waals surface area contributed by atoms with Crippen LogP contribution in [0.3, 0.4) is 0 Å². The second-order valence-electron chi connectivity index (χ2n) is 4.40. The molecule has 0 amide bonds. The molecule has 1 heterocycles. The van der Waals surface area contributed by atoms with Crippen molar-refractivity contribution in [2.24, 2.45) is 0 Å². The summed E-state index contributed by atoms with van der Waals surface area (Å²) in [6.07, 6.45) is 1.49. The largest absolute Gasteiger partial charge is 0.465 e. The van der Waals surface area contributed by atoms with Gasteiger partial charge in [0.05, 0.1) is 23.9 Å². The van der Waals surface area contributed by atoms with Crippen molar-refractivity contribution >= 4 is 28.4 Å². The van der Waals surface area contributed by atoms with Crippen molar-refractivity contribution in [3.63, 3.8) is 0 Å². The zero-order valence-electron chi connectivity index (χ0n) is 11.4. The first kappa shape index (κ1) is 13.1. The summed E-state index contributed by atoms with van der Waals surface area (Å²) in [6, 6.07) is 14.8. The molecule has 0 radical (unpaired) electrons. The Bertz CT molecular complexity index is 797. The van der Waals surface area contributed by atoms with E-state index in [0.29, 0.717) is 17.1 Å². The van der Waals surface area contributed by atoms with E-state index in [1.807, 2.05) is 36.4 Å². The third-order valence-corrected chi connectivity index (χ3v) is 3.13. The lowest BCUT2D eigenvalue weighted by atomic mass is 10.1. The molecule has 0 aliphatic carbocycles. The number of esters is 1. The van der Waals surface area contributed by atoms with Gasteiger partial charge in [0, 0.05) is 5.39 Å². The topological polar surface area (TPSA) is 64.1 Å². The first-order valence-corrected chi connectivity index (χ1v) is 6.43. The molecule has 0 aliphatic heterocycles. The maximum absolute atomic E-state index is 11.8. The SMILES string of the molecule is COC(=O)c1ccccc1Nc1ncnc2ccccc12. The van der Waals surface area contributed by atoms with Crippen molar-refractivity contribution in [1.29, 1.82) is 0 Å². The Hall–Kier alpha value is -2.95. The monoisotopic (exact) mass is 279 g/mol. The Morgan fingerprint density at radius 1 is 1.05 bits per heavy atom. The lowest BCUT2D eigenvalue weighted by Gasteiger charge is -2.11. The number of rotatable bonds is 3. The number of methoxy groups -OCH3 is 1. The minimum atomic E-state index is -0.392. The van der Waals surface area contributed by atoms with Gasteiger partial charge in [0.1, 0.15) is 12.1 Å². The van der Waals surface area contributed by atoms with Gasteiger partial charge in [-0.15, -0.1) is 0 Å². The minimum absolute atomic E-state index is 0.392. The van der Waals surface area contributed by atoms with Crippen molar-refractivity contribution in [3.05, 3.63) is 60.4 Å². The van der Waals surface area contributed by atoms with E-state index in [2.05, 4.69) is 15.3 Å². The Morgan fingerprint density at radius 3 is 2.67 bits per heavy atom. The standard InChI is InChI=1S/C16H13N3O2/c1-21-16(20)12-7-3-5-9-14(12)19-15-11-6-2-4-8-13(11)17-10-18-15/h2-10H,1H3,(H,17,18,19). The van der Waals surface area contributed by atoms with Gasteiger partial charge in [-0.3, -0.25) is 0 Å². The molecule has 1 N–H and O–H groups in total. The molecule has 0 atom stereocenters. The summed E-state index contributed by atoms with van der Waals surface area (Å²) < 4.78 is 4.79. The maximum Gasteiger partial charge on any atom is 0.339 e. The van der Waals surface area contributed by atoms with Crippen LogP contribution in [0, 0.1) is 0 Å². The molecule has 3 rings (SSSR count). The summed E-state index contributed by atoms with van der Waals surface area (Å²) in [6.45, 7) is 0. The molecule has 2 aromatic carbocycles. The fraction of sp³-hybridized carbons (Fsp3) is 0.0625. The van der Waals surface area contributed by atoms with Gasteiger partial charge in [-0.05, 0) is 24.3 Å². The molecule has 0 saturated carbocycles. The zero-order chi connectivity index (χ0) is 14.7. The van der Waals surface area contributed by atoms with Crippen molar-refractivity contribution in [2.75, 3.05) is 12.4 Å². The number of anilines is 2. The molecule has 5 nitrogen and oxygen atoms in total. The fourth-order valence-electron chi connectivity index (χ4n) is 2.11. The predicted molar refractivity (Wildman–Crippen MR) is 80.6 cm³/mol. The Kier molecular flexibility index (Phi) is 3.47. The van der Waals surface area contributed by atoms with Crippen LogP contribution in [-0.2, 0) is 4.74 Å². The van der Waals surface area contributed by atoms with E-state index >= 15 is 0 Å². The lowest BCUT2D eigenvalue weighted by Crippen LogP contribution is -2.06. The quantitative estimate of drug-likeness (QED) is 0.746. The molecular formula is C16H13N3O2. The third-order valence-electron chi connectivity index (χ3n) is 3.13. The average molecular weight is 279 g/mol. The van der Waals surface area contributed by atoms with Gasteiger partial charge in [0.15, 0.2) is 0 Å². The van der Waals surface area contributed by atoms with Crippen LogP contribution in [-0.4, -0.2) is 23.0 Å². The molecule has 21 heavy (non-hydrogen) atoms. The van der Waals surface area contributed by atoms with E-state index in [0.717, 1.165) is 10.9 Å². The van der Waals surface area contributed by atoms with Gasteiger partial charge in [-0.25, -0.2) is 14.8 Å². The van der Waals surface area contributed by atoms with Gasteiger partial charge in [-0.2, -0.15) is 0 Å². The van der Waals surface area contributed by atoms with Crippen LogP contribution in [0.5, 0.6) is 0 Å². The van der Waals surface area contributed by atoms with Crippen LogP contribution in [0.15, 0.2) is 54.9 Å². The van der Waals surface area contributed by atoms with Crippen molar-refractivity contribution in [1.82, 2.24) is 9.97 Å². The van der Waals surface area contributed by atoms with E-state index in [4.69, 9.17) is 4.74 Å². The summed E-state index contributed by atoms with van der Waals surface area (Å²) in [4.78, 5) is 20.3. The van der Waals surface area contributed by atoms with Crippen molar-refractivity contribution in [2.45, 2.75) is 0 Å². The number of nitrogens with zero attached hydrogens (tertiary/aromatic N) is 2. The minimum Gasteiger partial charge on any atom is -0.465 e. The van der Waals surface area contributed by atoms with E-state index < -0.39 is 5.97 Å². The number of ether oxygens (including phenoxy) is 1. The molecule has 3 aromatic rings. The number of aromatic nitrogens is 2. The van der Waals surface area contributed by atoms with Crippen molar-refractivity contribution < 1.29 is 9.53 Å². The highest BCUT2D eigenvalue weighted by Crippen LogP contribution is 2.25. The first-order valence-electron chi connectivity index (χ1n) is 6.43. The van der Waals surface area contributed by atoms with Crippen molar-refractivity contribution in [3.8, 4) is 0 Å². The smallest absolute Gasteiger partial charge is 0.339 e. The molecule has 104 valence electrons. The average Bonchev–Trinajstić information content (AvgIpc) is 2.55. The molecule has 0 spiro atoms. The molecule has 0 bridgehead atoms. The number of para-hydroxylation sites is 2.